The van der Waals surface area contributed by atoms with Gasteiger partial charge in [-0.05, 0) is 42.8 Å². The van der Waals surface area contributed by atoms with E-state index in [1.54, 1.807) is 28.8 Å². The highest BCUT2D eigenvalue weighted by atomic mass is 35.5. The van der Waals surface area contributed by atoms with E-state index in [4.69, 9.17) is 11.6 Å². The predicted octanol–water partition coefficient (Wildman–Crippen LogP) is 3.52. The lowest BCUT2D eigenvalue weighted by atomic mass is 10.2. The molecule has 2 aromatic rings. The number of benzene rings is 1. The maximum Gasteiger partial charge on any atom is 0.255 e. The highest BCUT2D eigenvalue weighted by Gasteiger charge is 1.99. The monoisotopic (exact) mass is 245 g/mol. The van der Waals surface area contributed by atoms with Crippen LogP contribution in [0.3, 0.4) is 0 Å². The van der Waals surface area contributed by atoms with Gasteiger partial charge in [0.15, 0.2) is 0 Å². The van der Waals surface area contributed by atoms with Crippen molar-refractivity contribution in [3.8, 4) is 5.69 Å². The fraction of sp³-hybridized carbons (Fsp3) is 0.0714. The fourth-order valence-electron chi connectivity index (χ4n) is 1.60. The Morgan fingerprint density at radius 3 is 2.47 bits per heavy atom. The van der Waals surface area contributed by atoms with Gasteiger partial charge in [0.2, 0.25) is 0 Å². The van der Waals surface area contributed by atoms with Crippen LogP contribution in [0.25, 0.3) is 11.8 Å². The molecule has 2 nitrogen and oxygen atoms in total. The molecule has 0 aliphatic carbocycles. The van der Waals surface area contributed by atoms with E-state index in [0.29, 0.717) is 5.02 Å². The third-order valence-electron chi connectivity index (χ3n) is 2.40. The van der Waals surface area contributed by atoms with Crippen LogP contribution in [0, 0.1) is 0 Å². The van der Waals surface area contributed by atoms with Crippen molar-refractivity contribution in [3.63, 3.8) is 0 Å². The van der Waals surface area contributed by atoms with Gasteiger partial charge in [0.25, 0.3) is 5.56 Å². The summed E-state index contributed by atoms with van der Waals surface area (Å²) in [7, 11) is 0. The van der Waals surface area contributed by atoms with Crippen LogP contribution in [0.5, 0.6) is 0 Å². The molecule has 0 amide bonds. The van der Waals surface area contributed by atoms with Gasteiger partial charge in [-0.1, -0.05) is 23.8 Å². The molecular formula is C14H12ClNO. The van der Waals surface area contributed by atoms with Crippen molar-refractivity contribution in [1.82, 2.24) is 4.57 Å². The lowest BCUT2D eigenvalue weighted by Gasteiger charge is -2.06. The molecule has 3 heteroatoms. The van der Waals surface area contributed by atoms with Gasteiger partial charge in [0, 0.05) is 23.0 Å². The molecule has 0 N–H and O–H groups in total. The molecule has 0 saturated heterocycles. The lowest BCUT2D eigenvalue weighted by Crippen LogP contribution is -2.16. The van der Waals surface area contributed by atoms with Crippen molar-refractivity contribution in [2.24, 2.45) is 0 Å². The van der Waals surface area contributed by atoms with Crippen LogP contribution < -0.4 is 5.56 Å². The summed E-state index contributed by atoms with van der Waals surface area (Å²) in [4.78, 5) is 11.8. The Hall–Kier alpha value is -1.80. The topological polar surface area (TPSA) is 22.0 Å². The summed E-state index contributed by atoms with van der Waals surface area (Å²) in [5.41, 5.74) is 1.74. The van der Waals surface area contributed by atoms with Crippen molar-refractivity contribution in [1.29, 1.82) is 0 Å². The second-order valence-corrected chi connectivity index (χ2v) is 4.08. The number of hydrogen-bond acceptors (Lipinski definition) is 1. The second-order valence-electron chi connectivity index (χ2n) is 3.65. The van der Waals surface area contributed by atoms with Gasteiger partial charge < -0.3 is 0 Å². The molecule has 0 atom stereocenters. The normalized spacial score (nSPS) is 10.9. The first kappa shape index (κ1) is 11.7. The van der Waals surface area contributed by atoms with Crippen LogP contribution in [0.4, 0.5) is 0 Å². The van der Waals surface area contributed by atoms with Crippen molar-refractivity contribution in [3.05, 3.63) is 69.6 Å². The molecule has 0 unspecified atom stereocenters. The average Bonchev–Trinajstić information content (AvgIpc) is 2.33. The Labute approximate surface area is 105 Å². The summed E-state index contributed by atoms with van der Waals surface area (Å²) in [5.74, 6) is 0. The van der Waals surface area contributed by atoms with Crippen molar-refractivity contribution < 1.29 is 0 Å². The summed E-state index contributed by atoms with van der Waals surface area (Å²) in [5, 5.41) is 0.659. The molecule has 0 saturated carbocycles. The molecule has 2 rings (SSSR count). The summed E-state index contributed by atoms with van der Waals surface area (Å²) in [6.07, 6.45) is 5.70. The second kappa shape index (κ2) is 5.02. The van der Waals surface area contributed by atoms with Crippen LogP contribution in [0.2, 0.25) is 5.02 Å². The fourth-order valence-corrected chi connectivity index (χ4v) is 1.72. The summed E-state index contributed by atoms with van der Waals surface area (Å²) >= 11 is 5.82. The SMILES string of the molecule is CC=Cc1ccc(=O)n(-c2ccc(Cl)cc2)c1. The Morgan fingerprint density at radius 2 is 1.82 bits per heavy atom. The standard InChI is InChI=1S/C14H12ClNO/c1-2-3-11-4-9-14(17)16(10-11)13-7-5-12(15)6-8-13/h2-10H,1H3. The van der Waals surface area contributed by atoms with Crippen molar-refractivity contribution in [2.75, 3.05) is 0 Å². The van der Waals surface area contributed by atoms with Crippen LogP contribution in [0.15, 0.2) is 53.5 Å². The molecule has 1 aromatic heterocycles. The molecule has 17 heavy (non-hydrogen) atoms. The molecule has 1 heterocycles. The van der Waals surface area contributed by atoms with Crippen molar-refractivity contribution >= 4 is 17.7 Å². The first-order chi connectivity index (χ1) is 8.20. The third-order valence-corrected chi connectivity index (χ3v) is 2.65. The Morgan fingerprint density at radius 1 is 1.12 bits per heavy atom. The molecule has 0 aliphatic heterocycles. The van der Waals surface area contributed by atoms with Gasteiger partial charge in [-0.25, -0.2) is 0 Å². The zero-order valence-electron chi connectivity index (χ0n) is 9.43. The van der Waals surface area contributed by atoms with Gasteiger partial charge in [0.1, 0.15) is 0 Å². The number of nitrogens with zero attached hydrogens (tertiary/aromatic N) is 1. The predicted molar refractivity (Wildman–Crippen MR) is 71.8 cm³/mol. The highest BCUT2D eigenvalue weighted by Crippen LogP contribution is 2.12. The maximum atomic E-state index is 11.8. The Balaban J connectivity index is 2.54. The van der Waals surface area contributed by atoms with E-state index in [1.807, 2.05) is 37.4 Å². The van der Waals surface area contributed by atoms with Gasteiger partial charge in [-0.3, -0.25) is 9.36 Å². The van der Waals surface area contributed by atoms with Gasteiger partial charge in [-0.2, -0.15) is 0 Å². The molecule has 86 valence electrons. The number of allylic oxidation sites excluding steroid dienone is 1. The first-order valence-electron chi connectivity index (χ1n) is 5.32. The van der Waals surface area contributed by atoms with Gasteiger partial charge in [0.05, 0.1) is 0 Å². The summed E-state index contributed by atoms with van der Waals surface area (Å²) in [6, 6.07) is 10.5. The van der Waals surface area contributed by atoms with E-state index in [0.717, 1.165) is 11.3 Å². The van der Waals surface area contributed by atoms with Crippen molar-refractivity contribution in [2.45, 2.75) is 6.92 Å². The highest BCUT2D eigenvalue weighted by molar-refractivity contribution is 6.30. The number of aromatic nitrogens is 1. The lowest BCUT2D eigenvalue weighted by molar-refractivity contribution is 0.987. The van der Waals surface area contributed by atoms with Crippen LogP contribution in [-0.4, -0.2) is 4.57 Å². The summed E-state index contributed by atoms with van der Waals surface area (Å²) < 4.78 is 1.60. The number of rotatable bonds is 2. The number of pyridine rings is 1. The molecule has 0 bridgehead atoms. The van der Waals surface area contributed by atoms with Crippen LogP contribution >= 0.6 is 11.6 Å². The minimum absolute atomic E-state index is 0.0550. The van der Waals surface area contributed by atoms with Gasteiger partial charge >= 0.3 is 0 Å². The first-order valence-corrected chi connectivity index (χ1v) is 5.70. The molecule has 0 aliphatic rings. The van der Waals surface area contributed by atoms with E-state index in [9.17, 15) is 4.79 Å². The molecule has 0 spiro atoms. The minimum atomic E-state index is -0.0550. The zero-order valence-corrected chi connectivity index (χ0v) is 10.2. The van der Waals surface area contributed by atoms with E-state index >= 15 is 0 Å². The Bertz CT molecular complexity index is 596. The number of halogens is 1. The third kappa shape index (κ3) is 2.66. The molecule has 1 aromatic carbocycles. The van der Waals surface area contributed by atoms with Gasteiger partial charge in [-0.15, -0.1) is 0 Å². The smallest absolute Gasteiger partial charge is 0.255 e. The maximum absolute atomic E-state index is 11.8. The zero-order chi connectivity index (χ0) is 12.3. The molecular weight excluding hydrogens is 234 g/mol. The van der Waals surface area contributed by atoms with E-state index < -0.39 is 0 Å². The van der Waals surface area contributed by atoms with E-state index in [2.05, 4.69) is 0 Å². The largest absolute Gasteiger partial charge is 0.284 e. The van der Waals surface area contributed by atoms with Crippen LogP contribution in [0.1, 0.15) is 12.5 Å². The molecule has 0 radical (unpaired) electrons. The van der Waals surface area contributed by atoms with E-state index in [-0.39, 0.29) is 5.56 Å². The molecule has 0 fully saturated rings. The Kier molecular flexibility index (Phi) is 3.45. The average molecular weight is 246 g/mol. The number of hydrogen-bond donors (Lipinski definition) is 0. The van der Waals surface area contributed by atoms with E-state index in [1.165, 1.54) is 0 Å². The quantitative estimate of drug-likeness (QED) is 0.794. The minimum Gasteiger partial charge on any atom is -0.284 e. The van der Waals surface area contributed by atoms with Crippen LogP contribution in [-0.2, 0) is 0 Å². The summed E-state index contributed by atoms with van der Waals surface area (Å²) in [6.45, 7) is 1.94.